The van der Waals surface area contributed by atoms with Crippen LogP contribution in [0.2, 0.25) is 0 Å². The summed E-state index contributed by atoms with van der Waals surface area (Å²) in [5, 5.41) is 2.64. The number of hydrogen-bond donors (Lipinski definition) is 2. The van der Waals surface area contributed by atoms with Crippen molar-refractivity contribution in [1.82, 2.24) is 10.3 Å². The first-order chi connectivity index (χ1) is 11.3. The third-order valence-electron chi connectivity index (χ3n) is 4.13. The molecule has 24 heavy (non-hydrogen) atoms. The van der Waals surface area contributed by atoms with Crippen LogP contribution in [0.1, 0.15) is 41.7 Å². The number of aryl methyl sites for hydroxylation is 1. The molecule has 0 saturated heterocycles. The number of carbonyl (C=O) groups excluding carboxylic acids is 1. The summed E-state index contributed by atoms with van der Waals surface area (Å²) in [5.41, 5.74) is 0.242. The molecule has 2 rings (SSSR count). The molecule has 0 unspecified atom stereocenters. The van der Waals surface area contributed by atoms with E-state index in [4.69, 9.17) is 4.74 Å². The minimum Gasteiger partial charge on any atom is -0.368 e. The van der Waals surface area contributed by atoms with Gasteiger partial charge in [0.15, 0.2) is 5.43 Å². The molecule has 1 aliphatic rings. The Morgan fingerprint density at radius 3 is 2.75 bits per heavy atom. The van der Waals surface area contributed by atoms with Crippen LogP contribution in [0.4, 0.5) is 13.2 Å². The lowest BCUT2D eigenvalue weighted by Crippen LogP contribution is -2.40. The molecule has 0 spiro atoms. The number of alkyl halides is 3. The summed E-state index contributed by atoms with van der Waals surface area (Å²) < 4.78 is 41.9. The summed E-state index contributed by atoms with van der Waals surface area (Å²) in [6, 6.07) is 1.32. The predicted molar refractivity (Wildman–Crippen MR) is 81.9 cm³/mol. The molecule has 0 radical (unpaired) electrons. The summed E-state index contributed by atoms with van der Waals surface area (Å²) in [5.74, 6) is -0.717. The van der Waals surface area contributed by atoms with Gasteiger partial charge in [-0.25, -0.2) is 0 Å². The van der Waals surface area contributed by atoms with Crippen molar-refractivity contribution >= 4 is 5.91 Å². The fraction of sp³-hybridized carbons (Fsp3) is 0.625. The zero-order valence-corrected chi connectivity index (χ0v) is 13.4. The van der Waals surface area contributed by atoms with Crippen molar-refractivity contribution in [3.05, 3.63) is 33.7 Å². The lowest BCUT2D eigenvalue weighted by molar-refractivity contribution is -0.193. The highest BCUT2D eigenvalue weighted by atomic mass is 19.4. The average molecular weight is 346 g/mol. The molecule has 1 heterocycles. The van der Waals surface area contributed by atoms with Gasteiger partial charge in [-0.2, -0.15) is 13.2 Å². The number of aromatic amines is 1. The molecule has 5 nitrogen and oxygen atoms in total. The molecular formula is C16H21F3N2O3. The number of amides is 1. The quantitative estimate of drug-likeness (QED) is 0.861. The summed E-state index contributed by atoms with van der Waals surface area (Å²) >= 11 is 0. The molecule has 0 bridgehead atoms. The third kappa shape index (κ3) is 5.36. The Kier molecular flexibility index (Phi) is 6.04. The van der Waals surface area contributed by atoms with Gasteiger partial charge in [0.1, 0.15) is 12.2 Å². The van der Waals surface area contributed by atoms with E-state index in [0.717, 1.165) is 12.8 Å². The van der Waals surface area contributed by atoms with Crippen molar-refractivity contribution in [1.29, 1.82) is 0 Å². The third-order valence-corrected chi connectivity index (χ3v) is 4.13. The molecule has 2 atom stereocenters. The van der Waals surface area contributed by atoms with Crippen LogP contribution in [-0.2, 0) is 4.74 Å². The first kappa shape index (κ1) is 18.5. The van der Waals surface area contributed by atoms with E-state index in [2.05, 4.69) is 10.3 Å². The van der Waals surface area contributed by atoms with Gasteiger partial charge in [0.2, 0.25) is 0 Å². The van der Waals surface area contributed by atoms with Gasteiger partial charge >= 0.3 is 6.18 Å². The number of nitrogens with one attached hydrogen (secondary N) is 2. The number of H-pyrrole nitrogens is 1. The molecule has 1 saturated carbocycles. The van der Waals surface area contributed by atoms with E-state index in [9.17, 15) is 22.8 Å². The van der Waals surface area contributed by atoms with Gasteiger partial charge < -0.3 is 15.0 Å². The molecule has 2 N–H and O–H groups in total. The molecule has 8 heteroatoms. The minimum absolute atomic E-state index is 0.0100. The second kappa shape index (κ2) is 7.83. The Labute approximate surface area is 137 Å². The van der Waals surface area contributed by atoms with Crippen molar-refractivity contribution < 1.29 is 22.7 Å². The smallest absolute Gasteiger partial charge is 0.368 e. The molecule has 1 aromatic heterocycles. The topological polar surface area (TPSA) is 71.2 Å². The van der Waals surface area contributed by atoms with Gasteiger partial charge in [-0.1, -0.05) is 12.8 Å². The van der Waals surface area contributed by atoms with Crippen LogP contribution in [0.15, 0.2) is 17.1 Å². The fourth-order valence-corrected chi connectivity index (χ4v) is 2.90. The van der Waals surface area contributed by atoms with Crippen LogP contribution in [0, 0.1) is 12.8 Å². The number of halogens is 3. The predicted octanol–water partition coefficient (Wildman–Crippen LogP) is 2.55. The maximum atomic E-state index is 12.3. The SMILES string of the molecule is Cc1cc(=O)c(C(=O)NC[C@H]2CCCC[C@@H]2OCC(F)(F)F)c[nH]1. The molecule has 134 valence electrons. The van der Waals surface area contributed by atoms with E-state index < -0.39 is 30.2 Å². The van der Waals surface area contributed by atoms with Gasteiger partial charge in [-0.15, -0.1) is 0 Å². The second-order valence-electron chi connectivity index (χ2n) is 6.11. The van der Waals surface area contributed by atoms with Crippen LogP contribution < -0.4 is 10.7 Å². The first-order valence-electron chi connectivity index (χ1n) is 7.92. The highest BCUT2D eigenvalue weighted by Gasteiger charge is 2.33. The summed E-state index contributed by atoms with van der Waals surface area (Å²) in [6.07, 6.45) is -0.625. The molecule has 1 aromatic rings. The number of pyridine rings is 1. The van der Waals surface area contributed by atoms with E-state index in [1.54, 1.807) is 6.92 Å². The summed E-state index contributed by atoms with van der Waals surface area (Å²) in [7, 11) is 0. The lowest BCUT2D eigenvalue weighted by Gasteiger charge is -2.31. The minimum atomic E-state index is -4.36. The van der Waals surface area contributed by atoms with Gasteiger partial charge in [0.05, 0.1) is 6.10 Å². The van der Waals surface area contributed by atoms with Crippen LogP contribution in [-0.4, -0.2) is 36.3 Å². The van der Waals surface area contributed by atoms with Gasteiger partial charge in [0.25, 0.3) is 5.91 Å². The zero-order chi connectivity index (χ0) is 17.7. The molecule has 0 aromatic carbocycles. The highest BCUT2D eigenvalue weighted by Crippen LogP contribution is 2.28. The van der Waals surface area contributed by atoms with Crippen molar-refractivity contribution in [3.8, 4) is 0 Å². The standard InChI is InChI=1S/C16H21F3N2O3/c1-10-6-13(22)12(8-20-10)15(23)21-7-11-4-2-3-5-14(11)24-9-16(17,18)19/h6,8,11,14H,2-5,7,9H2,1H3,(H,20,22)(H,21,23)/t11-,14+/m1/s1. The Morgan fingerprint density at radius 1 is 1.38 bits per heavy atom. The Hall–Kier alpha value is -1.83. The van der Waals surface area contributed by atoms with Gasteiger partial charge in [0, 0.05) is 30.4 Å². The van der Waals surface area contributed by atoms with E-state index in [-0.39, 0.29) is 18.0 Å². The summed E-state index contributed by atoms with van der Waals surface area (Å²) in [4.78, 5) is 26.7. The van der Waals surface area contributed by atoms with Crippen LogP contribution in [0.5, 0.6) is 0 Å². The van der Waals surface area contributed by atoms with Crippen molar-refractivity contribution in [2.75, 3.05) is 13.2 Å². The fourth-order valence-electron chi connectivity index (χ4n) is 2.90. The Bertz CT molecular complexity index is 628. The van der Waals surface area contributed by atoms with Gasteiger partial charge in [-0.05, 0) is 19.8 Å². The van der Waals surface area contributed by atoms with E-state index in [1.807, 2.05) is 0 Å². The van der Waals surface area contributed by atoms with Crippen molar-refractivity contribution in [3.63, 3.8) is 0 Å². The van der Waals surface area contributed by atoms with E-state index in [0.29, 0.717) is 18.5 Å². The maximum absolute atomic E-state index is 12.3. The Morgan fingerprint density at radius 2 is 2.08 bits per heavy atom. The molecule has 1 fully saturated rings. The summed E-state index contributed by atoms with van der Waals surface area (Å²) in [6.45, 7) is 0.613. The number of carbonyl (C=O) groups is 1. The van der Waals surface area contributed by atoms with Crippen molar-refractivity contribution in [2.45, 2.75) is 44.9 Å². The molecule has 0 aliphatic heterocycles. The van der Waals surface area contributed by atoms with Crippen LogP contribution in [0.25, 0.3) is 0 Å². The normalized spacial score (nSPS) is 21.5. The number of rotatable bonds is 5. The largest absolute Gasteiger partial charge is 0.411 e. The number of ether oxygens (including phenoxy) is 1. The van der Waals surface area contributed by atoms with Crippen molar-refractivity contribution in [2.24, 2.45) is 5.92 Å². The van der Waals surface area contributed by atoms with Crippen LogP contribution in [0.3, 0.4) is 0 Å². The molecule has 1 amide bonds. The van der Waals surface area contributed by atoms with Crippen LogP contribution >= 0.6 is 0 Å². The monoisotopic (exact) mass is 346 g/mol. The second-order valence-corrected chi connectivity index (χ2v) is 6.11. The number of hydrogen-bond acceptors (Lipinski definition) is 3. The molecular weight excluding hydrogens is 325 g/mol. The zero-order valence-electron chi connectivity index (χ0n) is 13.4. The Balaban J connectivity index is 1.92. The maximum Gasteiger partial charge on any atom is 0.411 e. The highest BCUT2D eigenvalue weighted by molar-refractivity contribution is 5.93. The lowest BCUT2D eigenvalue weighted by atomic mass is 9.86. The van der Waals surface area contributed by atoms with Gasteiger partial charge in [-0.3, -0.25) is 9.59 Å². The molecule has 1 aliphatic carbocycles. The first-order valence-corrected chi connectivity index (χ1v) is 7.92. The average Bonchev–Trinajstić information content (AvgIpc) is 2.50. The van der Waals surface area contributed by atoms with E-state index >= 15 is 0 Å². The van der Waals surface area contributed by atoms with E-state index in [1.165, 1.54) is 12.3 Å². The number of aromatic nitrogens is 1.